The highest BCUT2D eigenvalue weighted by molar-refractivity contribution is 7.80. The van der Waals surface area contributed by atoms with Gasteiger partial charge in [-0.2, -0.15) is 0 Å². The van der Waals surface area contributed by atoms with Crippen LogP contribution in [0, 0.1) is 5.92 Å². The molecule has 1 atom stereocenters. The number of thiocarbonyl (C=S) groups is 1. The number of hydrogen-bond acceptors (Lipinski definition) is 2. The van der Waals surface area contributed by atoms with E-state index < -0.39 is 0 Å². The van der Waals surface area contributed by atoms with E-state index in [-0.39, 0.29) is 11.9 Å². The number of rotatable bonds is 5. The number of benzene rings is 1. The molecule has 0 bridgehead atoms. The molecule has 0 aliphatic heterocycles. The molecule has 0 saturated heterocycles. The lowest BCUT2D eigenvalue weighted by atomic mass is 9.83. The first-order valence-electron chi connectivity index (χ1n) is 7.39. The van der Waals surface area contributed by atoms with Gasteiger partial charge < -0.3 is 11.1 Å². The van der Waals surface area contributed by atoms with Crippen molar-refractivity contribution in [3.05, 3.63) is 34.9 Å². The van der Waals surface area contributed by atoms with Crippen molar-refractivity contribution in [1.82, 2.24) is 5.32 Å². The van der Waals surface area contributed by atoms with Crippen LogP contribution in [0.25, 0.3) is 0 Å². The minimum Gasteiger partial charge on any atom is -0.392 e. The number of halogens is 1. The van der Waals surface area contributed by atoms with Crippen molar-refractivity contribution in [2.45, 2.75) is 44.6 Å². The van der Waals surface area contributed by atoms with Gasteiger partial charge in [0.05, 0.1) is 17.5 Å². The van der Waals surface area contributed by atoms with Crippen molar-refractivity contribution in [2.75, 3.05) is 0 Å². The molecule has 21 heavy (non-hydrogen) atoms. The van der Waals surface area contributed by atoms with Gasteiger partial charge in [-0.05, 0) is 36.5 Å². The summed E-state index contributed by atoms with van der Waals surface area (Å²) in [4.78, 5) is 12.6. The lowest BCUT2D eigenvalue weighted by Crippen LogP contribution is -2.49. The van der Waals surface area contributed by atoms with Crippen LogP contribution in [0.3, 0.4) is 0 Å². The van der Waals surface area contributed by atoms with E-state index in [9.17, 15) is 4.79 Å². The van der Waals surface area contributed by atoms with Gasteiger partial charge in [0.25, 0.3) is 0 Å². The molecule has 1 saturated carbocycles. The summed E-state index contributed by atoms with van der Waals surface area (Å²) >= 11 is 11.1. The van der Waals surface area contributed by atoms with Gasteiger partial charge in [0.1, 0.15) is 0 Å². The third-order valence-electron chi connectivity index (χ3n) is 4.00. The minimum absolute atomic E-state index is 0.0550. The number of carbonyl (C=O) groups is 1. The summed E-state index contributed by atoms with van der Waals surface area (Å²) in [7, 11) is 0. The van der Waals surface area contributed by atoms with E-state index in [0.717, 1.165) is 18.4 Å². The van der Waals surface area contributed by atoms with Gasteiger partial charge >= 0.3 is 0 Å². The molecule has 114 valence electrons. The summed E-state index contributed by atoms with van der Waals surface area (Å²) in [6, 6.07) is 7.14. The second-order valence-corrected chi connectivity index (χ2v) is 6.56. The van der Waals surface area contributed by atoms with E-state index >= 15 is 0 Å². The zero-order valence-corrected chi connectivity index (χ0v) is 13.6. The highest BCUT2D eigenvalue weighted by Gasteiger charge is 2.27. The molecule has 0 aromatic heterocycles. The van der Waals surface area contributed by atoms with Crippen molar-refractivity contribution >= 4 is 34.7 Å². The number of hydrogen-bond donors (Lipinski definition) is 2. The number of carbonyl (C=O) groups excluding carboxylic acids is 1. The largest absolute Gasteiger partial charge is 0.392 e. The van der Waals surface area contributed by atoms with Crippen molar-refractivity contribution in [3.8, 4) is 0 Å². The fourth-order valence-corrected chi connectivity index (χ4v) is 3.41. The van der Waals surface area contributed by atoms with Crippen LogP contribution in [0.15, 0.2) is 24.3 Å². The van der Waals surface area contributed by atoms with Gasteiger partial charge in [-0.15, -0.1) is 0 Å². The SMILES string of the molecule is NC(=S)C(NC(=O)Cc1cccc(Cl)c1)C1CCCCC1. The molecule has 2 rings (SSSR count). The molecule has 5 heteroatoms. The first-order valence-corrected chi connectivity index (χ1v) is 8.18. The quantitative estimate of drug-likeness (QED) is 0.818. The van der Waals surface area contributed by atoms with E-state index in [1.165, 1.54) is 19.3 Å². The van der Waals surface area contributed by atoms with Crippen molar-refractivity contribution in [1.29, 1.82) is 0 Å². The molecule has 3 nitrogen and oxygen atoms in total. The maximum atomic E-state index is 12.2. The van der Waals surface area contributed by atoms with Crippen molar-refractivity contribution in [3.63, 3.8) is 0 Å². The Morgan fingerprint density at radius 1 is 1.38 bits per heavy atom. The zero-order valence-electron chi connectivity index (χ0n) is 12.0. The fourth-order valence-electron chi connectivity index (χ4n) is 2.95. The Hall–Kier alpha value is -1.13. The van der Waals surface area contributed by atoms with E-state index in [2.05, 4.69) is 5.32 Å². The van der Waals surface area contributed by atoms with E-state index in [1.54, 1.807) is 12.1 Å². The van der Waals surface area contributed by atoms with Gasteiger partial charge in [0, 0.05) is 5.02 Å². The Morgan fingerprint density at radius 3 is 2.71 bits per heavy atom. The maximum Gasteiger partial charge on any atom is 0.224 e. The Kier molecular flexibility index (Phi) is 6.00. The maximum absolute atomic E-state index is 12.2. The first-order chi connectivity index (χ1) is 10.1. The van der Waals surface area contributed by atoms with Crippen LogP contribution in [0.5, 0.6) is 0 Å². The molecule has 1 aliphatic carbocycles. The Balaban J connectivity index is 1.96. The summed E-state index contributed by atoms with van der Waals surface area (Å²) in [5, 5.41) is 3.64. The molecule has 0 radical (unpaired) electrons. The van der Waals surface area contributed by atoms with Crippen LogP contribution in [-0.4, -0.2) is 16.9 Å². The van der Waals surface area contributed by atoms with Crippen LogP contribution in [0.2, 0.25) is 5.02 Å². The van der Waals surface area contributed by atoms with Gasteiger partial charge in [-0.1, -0.05) is 55.2 Å². The molecule has 1 fully saturated rings. The zero-order chi connectivity index (χ0) is 15.2. The van der Waals surface area contributed by atoms with Gasteiger partial charge in [-0.3, -0.25) is 4.79 Å². The smallest absolute Gasteiger partial charge is 0.224 e. The highest BCUT2D eigenvalue weighted by atomic mass is 35.5. The van der Waals surface area contributed by atoms with E-state index in [4.69, 9.17) is 29.6 Å². The fraction of sp³-hybridized carbons (Fsp3) is 0.500. The van der Waals surface area contributed by atoms with Gasteiger partial charge in [-0.25, -0.2) is 0 Å². The van der Waals surface area contributed by atoms with Crippen LogP contribution in [0.1, 0.15) is 37.7 Å². The van der Waals surface area contributed by atoms with Gasteiger partial charge in [0.2, 0.25) is 5.91 Å². The van der Waals surface area contributed by atoms with Crippen molar-refractivity contribution < 1.29 is 4.79 Å². The normalized spacial score (nSPS) is 17.2. The average molecular weight is 325 g/mol. The Morgan fingerprint density at radius 2 is 2.10 bits per heavy atom. The first kappa shape index (κ1) is 16.2. The summed E-state index contributed by atoms with van der Waals surface area (Å²) in [5.41, 5.74) is 6.72. The molecule has 0 heterocycles. The molecular weight excluding hydrogens is 304 g/mol. The minimum atomic E-state index is -0.188. The average Bonchev–Trinajstić information content (AvgIpc) is 2.45. The summed E-state index contributed by atoms with van der Waals surface area (Å²) in [6.07, 6.45) is 6.10. The van der Waals surface area contributed by atoms with E-state index in [0.29, 0.717) is 22.3 Å². The molecule has 1 unspecified atom stereocenters. The number of nitrogens with one attached hydrogen (secondary N) is 1. The van der Waals surface area contributed by atoms with E-state index in [1.807, 2.05) is 12.1 Å². The topological polar surface area (TPSA) is 55.1 Å². The summed E-state index contributed by atoms with van der Waals surface area (Å²) < 4.78 is 0. The lowest BCUT2D eigenvalue weighted by molar-refractivity contribution is -0.121. The predicted octanol–water partition coefficient (Wildman–Crippen LogP) is 3.23. The summed E-state index contributed by atoms with van der Waals surface area (Å²) in [5.74, 6) is 0.320. The molecule has 1 aromatic carbocycles. The number of amides is 1. The second-order valence-electron chi connectivity index (χ2n) is 5.65. The van der Waals surface area contributed by atoms with Crippen molar-refractivity contribution in [2.24, 2.45) is 11.7 Å². The van der Waals surface area contributed by atoms with Gasteiger partial charge in [0.15, 0.2) is 0 Å². The van der Waals surface area contributed by atoms with Crippen LogP contribution < -0.4 is 11.1 Å². The third-order valence-corrected chi connectivity index (χ3v) is 4.49. The third kappa shape index (κ3) is 4.97. The molecule has 1 aromatic rings. The lowest BCUT2D eigenvalue weighted by Gasteiger charge is -2.30. The second kappa shape index (κ2) is 7.76. The monoisotopic (exact) mass is 324 g/mol. The standard InChI is InChI=1S/C16H21ClN2OS/c17-13-8-4-5-11(9-13)10-14(20)19-15(16(18)21)12-6-2-1-3-7-12/h4-5,8-9,12,15H,1-3,6-7,10H2,(H2,18,21)(H,19,20). The molecule has 1 amide bonds. The Bertz CT molecular complexity index is 515. The van der Waals surface area contributed by atoms with Crippen LogP contribution >= 0.6 is 23.8 Å². The molecule has 1 aliphatic rings. The summed E-state index contributed by atoms with van der Waals surface area (Å²) in [6.45, 7) is 0. The molecular formula is C16H21ClN2OS. The Labute approximate surface area is 136 Å². The highest BCUT2D eigenvalue weighted by Crippen LogP contribution is 2.26. The number of nitrogens with two attached hydrogens (primary N) is 1. The van der Waals surface area contributed by atoms with Crippen LogP contribution in [0.4, 0.5) is 0 Å². The molecule has 3 N–H and O–H groups in total. The molecule has 0 spiro atoms. The predicted molar refractivity (Wildman–Crippen MR) is 90.4 cm³/mol. The van der Waals surface area contributed by atoms with Crippen LogP contribution in [-0.2, 0) is 11.2 Å².